The second-order valence-electron chi connectivity index (χ2n) is 31.5. The zero-order chi connectivity index (χ0) is 76.8. The molecule has 6 saturated heterocycles. The molecule has 0 spiro atoms. The van der Waals surface area contributed by atoms with Gasteiger partial charge in [-0.3, -0.25) is 44.0 Å². The molecule has 15 rings (SSSR count). The number of pyridine rings is 6. The van der Waals surface area contributed by atoms with Crippen LogP contribution in [-0.2, 0) is 81.3 Å². The molecule has 3 unspecified atom stereocenters. The maximum absolute atomic E-state index is 14.2. The highest BCUT2D eigenvalue weighted by Gasteiger charge is 2.41. The lowest BCUT2D eigenvalue weighted by Crippen LogP contribution is -2.35. The van der Waals surface area contributed by atoms with E-state index in [0.717, 1.165) is 255 Å². The van der Waals surface area contributed by atoms with Gasteiger partial charge in [-0.1, -0.05) is 30.3 Å². The predicted molar refractivity (Wildman–Crippen MR) is 421 cm³/mol. The molecule has 0 bridgehead atoms. The Morgan fingerprint density at radius 2 is 0.811 bits per heavy atom. The molecular weight excluding hydrogens is 1410 g/mol. The molecule has 0 aromatic carbocycles. The van der Waals surface area contributed by atoms with Crippen LogP contribution >= 0.6 is 0 Å². The van der Waals surface area contributed by atoms with Gasteiger partial charge in [0.15, 0.2) is 0 Å². The first kappa shape index (κ1) is 81.3. The van der Waals surface area contributed by atoms with E-state index < -0.39 is 41.9 Å². The summed E-state index contributed by atoms with van der Waals surface area (Å²) in [6.07, 6.45) is 27.4. The van der Waals surface area contributed by atoms with Crippen molar-refractivity contribution < 1.29 is 62.5 Å². The largest absolute Gasteiger partial charge is 0.480 e. The maximum Gasteiger partial charge on any atom is 0.325 e. The van der Waals surface area contributed by atoms with Crippen LogP contribution in [0.15, 0.2) is 72.9 Å². The summed E-state index contributed by atoms with van der Waals surface area (Å²) in [5.41, 5.74) is 13.1. The van der Waals surface area contributed by atoms with Gasteiger partial charge in [0.2, 0.25) is 0 Å². The topological polar surface area (TPSA) is 290 Å². The van der Waals surface area contributed by atoms with E-state index in [2.05, 4.69) is 57.3 Å². The quantitative estimate of drug-likeness (QED) is 0.0228. The number of carboxylic acids is 3. The van der Waals surface area contributed by atoms with E-state index in [4.69, 9.17) is 53.3 Å². The summed E-state index contributed by atoms with van der Waals surface area (Å²) in [5.74, 6) is -0.0623. The minimum absolute atomic E-state index is 0.0381. The lowest BCUT2D eigenvalue weighted by Gasteiger charge is -2.30. The Labute approximate surface area is 653 Å². The monoisotopic (exact) mass is 1530 g/mol. The van der Waals surface area contributed by atoms with Gasteiger partial charge in [0.05, 0.1) is 59.9 Å². The molecule has 600 valence electrons. The van der Waals surface area contributed by atoms with Crippen molar-refractivity contribution in [1.29, 1.82) is 0 Å². The fourth-order valence-electron chi connectivity index (χ4n) is 17.3. The van der Waals surface area contributed by atoms with E-state index in [-0.39, 0.29) is 36.6 Å². The molecule has 6 N–H and O–H groups in total. The molecule has 6 fully saturated rings. The number of anilines is 3. The minimum Gasteiger partial charge on any atom is -0.480 e. The van der Waals surface area contributed by atoms with Crippen LogP contribution in [0.4, 0.5) is 21.8 Å². The highest BCUT2D eigenvalue weighted by Crippen LogP contribution is 2.40. The summed E-state index contributed by atoms with van der Waals surface area (Å²) in [4.78, 5) is 71.4. The number of aliphatic carboxylic acids is 3. The Morgan fingerprint density at radius 3 is 1.16 bits per heavy atom. The number of halogens is 1. The summed E-state index contributed by atoms with van der Waals surface area (Å²) in [6, 6.07) is 19.6. The van der Waals surface area contributed by atoms with Crippen LogP contribution in [0.2, 0.25) is 0 Å². The van der Waals surface area contributed by atoms with Gasteiger partial charge in [0.1, 0.15) is 41.4 Å². The Balaban J connectivity index is 0.000000146. The molecule has 6 aromatic rings. The third-order valence-corrected chi connectivity index (χ3v) is 23.2. The first-order chi connectivity index (χ1) is 54.2. The number of hydrogen-bond donors (Lipinski definition) is 6. The third-order valence-electron chi connectivity index (χ3n) is 23.2. The second kappa shape index (κ2) is 40.8. The zero-order valence-electron chi connectivity index (χ0n) is 65.2. The maximum atomic E-state index is 14.2. The van der Waals surface area contributed by atoms with Gasteiger partial charge < -0.3 is 59.7 Å². The number of ether oxygens (including phenoxy) is 6. The molecule has 9 aliphatic heterocycles. The molecule has 24 nitrogen and oxygen atoms in total. The van der Waals surface area contributed by atoms with E-state index in [9.17, 15) is 34.1 Å². The van der Waals surface area contributed by atoms with Crippen molar-refractivity contribution >= 4 is 35.4 Å². The van der Waals surface area contributed by atoms with E-state index in [1.807, 2.05) is 52.8 Å². The van der Waals surface area contributed by atoms with Crippen LogP contribution < -0.4 is 16.0 Å². The van der Waals surface area contributed by atoms with E-state index in [1.165, 1.54) is 35.6 Å². The number of likely N-dealkylation sites (tertiary alicyclic amines) is 3. The van der Waals surface area contributed by atoms with Crippen molar-refractivity contribution in [2.24, 2.45) is 0 Å². The first-order valence-electron chi connectivity index (χ1n) is 41.6. The number of carboxylic acid groups (broad SMARTS) is 3. The number of nitrogens with zero attached hydrogens (tertiary/aromatic N) is 9. The average molecular weight is 1530 g/mol. The standard InChI is InChI=1S/2C29H40N4O4.C28H37FN4O4/c2*1-20-10-13-24(26(31-20)25-9-3-5-18-37-25)27(29(34)35)33-16-14-23(19-33)36-17-4-2-8-22-12-11-21-7-6-15-30-28(21)32-22;29-20-16-23(25(31-17-20)24-8-2-4-15-37-24)26(28(34)35)33-13-11-22(18-33)36-14-3-1-7-21-10-9-19-6-5-12-30-27(19)32-21/h2*10-13,23,25,27H,2-9,14-19H2,1H3,(H,30,32)(H,34,35);9-10,16-17,22,24,26H,1-8,11-15,18H2,(H,30,32)(H,34,35)/t23-,25?,27+;23-,25?,27-;22-,24-,26?/m111/s1. The highest BCUT2D eigenvalue weighted by atomic mass is 19.1. The van der Waals surface area contributed by atoms with Gasteiger partial charge in [0, 0.05) is 144 Å². The summed E-state index contributed by atoms with van der Waals surface area (Å²) in [7, 11) is 0. The molecule has 25 heteroatoms. The van der Waals surface area contributed by atoms with Gasteiger partial charge >= 0.3 is 17.9 Å². The van der Waals surface area contributed by atoms with Gasteiger partial charge in [-0.15, -0.1) is 0 Å². The molecule has 6 aromatic heterocycles. The number of hydrogen-bond acceptors (Lipinski definition) is 21. The Kier molecular flexibility index (Phi) is 29.9. The van der Waals surface area contributed by atoms with Gasteiger partial charge in [0.25, 0.3) is 0 Å². The lowest BCUT2D eigenvalue weighted by molar-refractivity contribution is -0.144. The second-order valence-corrected chi connectivity index (χ2v) is 31.5. The molecule has 0 radical (unpaired) electrons. The normalized spacial score (nSPS) is 22.8. The molecule has 0 saturated carbocycles. The van der Waals surface area contributed by atoms with Crippen molar-refractivity contribution in [3.8, 4) is 0 Å². The van der Waals surface area contributed by atoms with Gasteiger partial charge in [-0.25, -0.2) is 19.3 Å². The van der Waals surface area contributed by atoms with Crippen LogP contribution in [-0.4, -0.2) is 195 Å². The van der Waals surface area contributed by atoms with Gasteiger partial charge in [-0.05, 0) is 240 Å². The average Bonchev–Trinajstić information content (AvgIpc) is 1.63. The zero-order valence-corrected chi connectivity index (χ0v) is 65.2. The lowest BCUT2D eigenvalue weighted by atomic mass is 9.96. The van der Waals surface area contributed by atoms with Gasteiger partial charge in [-0.2, -0.15) is 0 Å². The summed E-state index contributed by atoms with van der Waals surface area (Å²) >= 11 is 0. The minimum atomic E-state index is -1.00. The van der Waals surface area contributed by atoms with Crippen LogP contribution in [0.25, 0.3) is 0 Å². The van der Waals surface area contributed by atoms with Crippen molar-refractivity contribution in [3.63, 3.8) is 0 Å². The summed E-state index contributed by atoms with van der Waals surface area (Å²) in [6.45, 7) is 14.6. The SMILES string of the molecule is Cc1ccc([C@@H](C(=O)O)N2CC[C@@H](OCCCCc3ccc4c(n3)NCCC4)C2)c(C2CCCCO2)n1.Cc1ccc([C@H](C(=O)O)N2CC[C@@H](OCCCCc3ccc4c(n3)NCCC4)C2)c(C2CCCCO2)n1.O=C(O)C(c1cc(F)cnc1[C@H]1CCCCO1)N1CC[C@@H](OCCCCc2ccc3c(n2)NCCC3)C1. The molecule has 0 aliphatic carbocycles. The number of unbranched alkanes of at least 4 members (excludes halogenated alkanes) is 3. The number of nitrogens with one attached hydrogen (secondary N) is 3. The van der Waals surface area contributed by atoms with E-state index in [0.29, 0.717) is 90.2 Å². The highest BCUT2D eigenvalue weighted by molar-refractivity contribution is 5.77. The molecular formula is C86H117FN12O12. The number of aryl methyl sites for hydroxylation is 8. The Bertz CT molecular complexity index is 3860. The summed E-state index contributed by atoms with van der Waals surface area (Å²) in [5, 5.41) is 40.8. The molecule has 0 amide bonds. The number of rotatable bonds is 30. The number of fused-ring (bicyclic) bond motifs is 3. The first-order valence-corrected chi connectivity index (χ1v) is 41.6. The van der Waals surface area contributed by atoms with E-state index in [1.54, 1.807) is 0 Å². The van der Waals surface area contributed by atoms with E-state index >= 15 is 0 Å². The molecule has 9 atom stereocenters. The predicted octanol–water partition coefficient (Wildman–Crippen LogP) is 13.7. The van der Waals surface area contributed by atoms with Crippen molar-refractivity contribution in [2.75, 3.05) is 114 Å². The molecule has 15 heterocycles. The Morgan fingerprint density at radius 1 is 0.450 bits per heavy atom. The smallest absolute Gasteiger partial charge is 0.325 e. The van der Waals surface area contributed by atoms with Crippen LogP contribution in [0, 0.1) is 19.7 Å². The van der Waals surface area contributed by atoms with Crippen molar-refractivity contribution in [1.82, 2.24) is 44.6 Å². The van der Waals surface area contributed by atoms with Crippen LogP contribution in [0.3, 0.4) is 0 Å². The Hall–Kier alpha value is -7.72. The number of carbonyl (C=O) groups is 3. The van der Waals surface area contributed by atoms with Crippen LogP contribution in [0.1, 0.15) is 250 Å². The fourth-order valence-corrected chi connectivity index (χ4v) is 17.3. The van der Waals surface area contributed by atoms with Crippen molar-refractivity contribution in [2.45, 2.75) is 242 Å². The number of aromatic nitrogens is 6. The third kappa shape index (κ3) is 22.4. The fraction of sp³-hybridized carbons (Fsp3) is 0.616. The molecule has 9 aliphatic rings. The van der Waals surface area contributed by atoms with Crippen molar-refractivity contribution in [3.05, 3.63) is 158 Å². The summed E-state index contributed by atoms with van der Waals surface area (Å²) < 4.78 is 50.6. The molecule has 111 heavy (non-hydrogen) atoms. The van der Waals surface area contributed by atoms with Crippen LogP contribution in [0.5, 0.6) is 0 Å².